The van der Waals surface area contributed by atoms with Crippen LogP contribution in [0, 0.1) is 12.8 Å². The molecule has 1 aliphatic heterocycles. The summed E-state index contributed by atoms with van der Waals surface area (Å²) in [6.45, 7) is 4.62. The van der Waals surface area contributed by atoms with E-state index in [9.17, 15) is 4.79 Å². The molecular formula is C15H19N3OS2. The number of aryl methyl sites for hydroxylation is 1. The number of nitrogens with zero attached hydrogens (tertiary/aromatic N) is 2. The highest BCUT2D eigenvalue weighted by Crippen LogP contribution is 2.32. The summed E-state index contributed by atoms with van der Waals surface area (Å²) in [5.41, 5.74) is 0.852. The Morgan fingerprint density at radius 1 is 1.57 bits per heavy atom. The van der Waals surface area contributed by atoms with Crippen LogP contribution in [0.2, 0.25) is 0 Å². The van der Waals surface area contributed by atoms with Crippen LogP contribution in [0.25, 0.3) is 9.88 Å². The van der Waals surface area contributed by atoms with Gasteiger partial charge in [0.15, 0.2) is 0 Å². The molecule has 1 fully saturated rings. The van der Waals surface area contributed by atoms with E-state index in [2.05, 4.69) is 16.4 Å². The molecule has 2 aromatic rings. The van der Waals surface area contributed by atoms with Gasteiger partial charge in [-0.3, -0.25) is 4.79 Å². The molecule has 1 atom stereocenters. The zero-order chi connectivity index (χ0) is 14.8. The fourth-order valence-corrected chi connectivity index (χ4v) is 4.55. The molecule has 0 aromatic carbocycles. The number of likely N-dealkylation sites (tertiary alicyclic amines) is 1. The fourth-order valence-electron chi connectivity index (χ4n) is 2.72. The van der Waals surface area contributed by atoms with Gasteiger partial charge in [-0.25, -0.2) is 4.98 Å². The Morgan fingerprint density at radius 3 is 3.14 bits per heavy atom. The van der Waals surface area contributed by atoms with E-state index in [4.69, 9.17) is 0 Å². The highest BCUT2D eigenvalue weighted by Gasteiger charge is 2.29. The second-order valence-electron chi connectivity index (χ2n) is 5.37. The number of thiophene rings is 1. The third-order valence-corrected chi connectivity index (χ3v) is 5.97. The van der Waals surface area contributed by atoms with E-state index in [0.717, 1.165) is 46.5 Å². The number of carbonyl (C=O) groups is 1. The molecule has 1 amide bonds. The number of nitrogens with one attached hydrogen (secondary N) is 1. The van der Waals surface area contributed by atoms with Crippen molar-refractivity contribution in [3.8, 4) is 9.88 Å². The molecule has 1 aliphatic rings. The summed E-state index contributed by atoms with van der Waals surface area (Å²) in [6, 6.07) is 4.07. The van der Waals surface area contributed by atoms with Crippen LogP contribution in [0.4, 0.5) is 0 Å². The minimum Gasteiger partial charge on any atom is -0.338 e. The molecule has 0 radical (unpaired) electrons. The molecule has 0 saturated carbocycles. The minimum atomic E-state index is 0.145. The van der Waals surface area contributed by atoms with Crippen LogP contribution < -0.4 is 5.32 Å². The smallest absolute Gasteiger partial charge is 0.265 e. The van der Waals surface area contributed by atoms with Crippen LogP contribution in [0.1, 0.15) is 21.8 Å². The first kappa shape index (κ1) is 14.7. The summed E-state index contributed by atoms with van der Waals surface area (Å²) in [5, 5.41) is 6.19. The molecule has 2 aromatic heterocycles. The van der Waals surface area contributed by atoms with Gasteiger partial charge >= 0.3 is 0 Å². The standard InChI is InChI=1S/C15H19N3OS2/c1-10-13(21-14(17-10)12-4-3-7-20-12)15(19)18-6-5-11(9-18)8-16-2/h3-4,7,11,16H,5-6,8-9H2,1-2H3. The molecule has 1 N–H and O–H groups in total. The van der Waals surface area contributed by atoms with Gasteiger partial charge in [-0.05, 0) is 44.3 Å². The van der Waals surface area contributed by atoms with E-state index in [0.29, 0.717) is 5.92 Å². The van der Waals surface area contributed by atoms with E-state index in [1.54, 1.807) is 11.3 Å². The van der Waals surface area contributed by atoms with Crippen molar-refractivity contribution in [1.82, 2.24) is 15.2 Å². The second kappa shape index (κ2) is 6.25. The summed E-state index contributed by atoms with van der Waals surface area (Å²) in [6.07, 6.45) is 1.09. The van der Waals surface area contributed by atoms with E-state index < -0.39 is 0 Å². The summed E-state index contributed by atoms with van der Waals surface area (Å²) in [4.78, 5) is 21.2. The Kier molecular flexibility index (Phi) is 4.37. The van der Waals surface area contributed by atoms with Crippen molar-refractivity contribution in [2.24, 2.45) is 5.92 Å². The van der Waals surface area contributed by atoms with Crippen molar-refractivity contribution in [3.63, 3.8) is 0 Å². The SMILES string of the molecule is CNCC1CCN(C(=O)c2sc(-c3cccs3)nc2C)C1. The summed E-state index contributed by atoms with van der Waals surface area (Å²) in [7, 11) is 1.96. The number of rotatable bonds is 4. The molecule has 1 unspecified atom stereocenters. The Balaban J connectivity index is 1.76. The monoisotopic (exact) mass is 321 g/mol. The average Bonchev–Trinajstić information content (AvgIpc) is 3.17. The predicted molar refractivity (Wildman–Crippen MR) is 88.1 cm³/mol. The topological polar surface area (TPSA) is 45.2 Å². The first-order valence-corrected chi connectivity index (χ1v) is 8.84. The van der Waals surface area contributed by atoms with Crippen LogP contribution in [-0.2, 0) is 0 Å². The van der Waals surface area contributed by atoms with Gasteiger partial charge in [0.25, 0.3) is 5.91 Å². The molecule has 6 heteroatoms. The van der Waals surface area contributed by atoms with Crippen LogP contribution in [0.3, 0.4) is 0 Å². The number of carbonyl (C=O) groups excluding carboxylic acids is 1. The van der Waals surface area contributed by atoms with E-state index >= 15 is 0 Å². The van der Waals surface area contributed by atoms with Gasteiger partial charge < -0.3 is 10.2 Å². The lowest BCUT2D eigenvalue weighted by atomic mass is 10.1. The number of amides is 1. The lowest BCUT2D eigenvalue weighted by molar-refractivity contribution is 0.0791. The molecule has 1 saturated heterocycles. The number of hydrogen-bond acceptors (Lipinski definition) is 5. The summed E-state index contributed by atoms with van der Waals surface area (Å²) < 4.78 is 0. The van der Waals surface area contributed by atoms with Crippen molar-refractivity contribution in [3.05, 3.63) is 28.1 Å². The van der Waals surface area contributed by atoms with Crippen molar-refractivity contribution in [1.29, 1.82) is 0 Å². The van der Waals surface area contributed by atoms with Gasteiger partial charge in [-0.15, -0.1) is 22.7 Å². The number of thiazole rings is 1. The van der Waals surface area contributed by atoms with Crippen molar-refractivity contribution >= 4 is 28.6 Å². The zero-order valence-corrected chi connectivity index (χ0v) is 13.9. The van der Waals surface area contributed by atoms with Gasteiger partial charge in [0.1, 0.15) is 9.88 Å². The molecule has 4 nitrogen and oxygen atoms in total. The predicted octanol–water partition coefficient (Wildman–Crippen LogP) is 2.86. The Hall–Kier alpha value is -1.24. The highest BCUT2D eigenvalue weighted by atomic mass is 32.1. The van der Waals surface area contributed by atoms with Crippen molar-refractivity contribution in [2.75, 3.05) is 26.7 Å². The molecule has 112 valence electrons. The molecule has 0 spiro atoms. The van der Waals surface area contributed by atoms with E-state index in [-0.39, 0.29) is 5.91 Å². The highest BCUT2D eigenvalue weighted by molar-refractivity contribution is 7.22. The maximum atomic E-state index is 12.7. The van der Waals surface area contributed by atoms with E-state index in [1.807, 2.05) is 30.3 Å². The fraction of sp³-hybridized carbons (Fsp3) is 0.467. The average molecular weight is 321 g/mol. The maximum Gasteiger partial charge on any atom is 0.265 e. The quantitative estimate of drug-likeness (QED) is 0.942. The lowest BCUT2D eigenvalue weighted by Gasteiger charge is -2.15. The summed E-state index contributed by atoms with van der Waals surface area (Å²) >= 11 is 3.18. The van der Waals surface area contributed by atoms with Crippen molar-refractivity contribution < 1.29 is 4.79 Å². The zero-order valence-electron chi connectivity index (χ0n) is 12.3. The van der Waals surface area contributed by atoms with Gasteiger partial charge in [-0.1, -0.05) is 6.07 Å². The number of aromatic nitrogens is 1. The molecule has 3 heterocycles. The van der Waals surface area contributed by atoms with Gasteiger partial charge in [0, 0.05) is 13.1 Å². The minimum absolute atomic E-state index is 0.145. The number of hydrogen-bond donors (Lipinski definition) is 1. The molecule has 0 bridgehead atoms. The van der Waals surface area contributed by atoms with E-state index in [1.165, 1.54) is 11.3 Å². The first-order chi connectivity index (χ1) is 10.2. The normalized spacial score (nSPS) is 18.4. The summed E-state index contributed by atoms with van der Waals surface area (Å²) in [5.74, 6) is 0.718. The Morgan fingerprint density at radius 2 is 2.43 bits per heavy atom. The Bertz CT molecular complexity index is 621. The van der Waals surface area contributed by atoms with Crippen LogP contribution in [0.5, 0.6) is 0 Å². The van der Waals surface area contributed by atoms with Crippen LogP contribution in [0.15, 0.2) is 17.5 Å². The van der Waals surface area contributed by atoms with Crippen molar-refractivity contribution in [2.45, 2.75) is 13.3 Å². The largest absolute Gasteiger partial charge is 0.338 e. The molecule has 0 aliphatic carbocycles. The Labute approximate surface area is 132 Å². The lowest BCUT2D eigenvalue weighted by Crippen LogP contribution is -2.30. The molecular weight excluding hydrogens is 302 g/mol. The third-order valence-electron chi connectivity index (χ3n) is 3.79. The van der Waals surface area contributed by atoms with Crippen LogP contribution in [-0.4, -0.2) is 42.5 Å². The van der Waals surface area contributed by atoms with Gasteiger partial charge in [-0.2, -0.15) is 0 Å². The first-order valence-electron chi connectivity index (χ1n) is 7.14. The third kappa shape index (κ3) is 3.02. The molecule has 3 rings (SSSR count). The second-order valence-corrected chi connectivity index (χ2v) is 7.32. The van der Waals surface area contributed by atoms with Gasteiger partial charge in [0.2, 0.25) is 0 Å². The van der Waals surface area contributed by atoms with Gasteiger partial charge in [0.05, 0.1) is 10.6 Å². The molecule has 21 heavy (non-hydrogen) atoms. The maximum absolute atomic E-state index is 12.7. The van der Waals surface area contributed by atoms with Crippen LogP contribution >= 0.6 is 22.7 Å².